The number of hydrogen-bond acceptors (Lipinski definition) is 4. The SMILES string of the molecule is CCOC(=O)C(=O)c1cc(Cl)c(OCC)c(Cl)c1. The second-order valence-electron chi connectivity index (χ2n) is 3.25. The number of hydrogen-bond donors (Lipinski definition) is 0. The first-order valence-electron chi connectivity index (χ1n) is 5.34. The molecule has 0 saturated carbocycles. The van der Waals surface area contributed by atoms with Crippen molar-refractivity contribution in [2.45, 2.75) is 13.8 Å². The predicted molar refractivity (Wildman–Crippen MR) is 68.6 cm³/mol. The molecule has 0 aliphatic carbocycles. The van der Waals surface area contributed by atoms with Crippen molar-refractivity contribution in [3.8, 4) is 5.75 Å². The molecule has 0 heterocycles. The van der Waals surface area contributed by atoms with Crippen LogP contribution in [0.1, 0.15) is 24.2 Å². The molecule has 0 N–H and O–H groups in total. The zero-order valence-corrected chi connectivity index (χ0v) is 11.5. The zero-order chi connectivity index (χ0) is 13.7. The molecule has 0 radical (unpaired) electrons. The van der Waals surface area contributed by atoms with Crippen LogP contribution in [-0.2, 0) is 9.53 Å². The minimum atomic E-state index is -0.936. The Morgan fingerprint density at radius 1 is 1.11 bits per heavy atom. The van der Waals surface area contributed by atoms with E-state index in [4.69, 9.17) is 27.9 Å². The lowest BCUT2D eigenvalue weighted by Crippen LogP contribution is -2.17. The molecule has 0 aromatic heterocycles. The Hall–Kier alpha value is -1.26. The first-order chi connectivity index (χ1) is 8.51. The van der Waals surface area contributed by atoms with Gasteiger partial charge in [-0.2, -0.15) is 0 Å². The summed E-state index contributed by atoms with van der Waals surface area (Å²) in [5.74, 6) is -1.43. The van der Waals surface area contributed by atoms with Crippen LogP contribution in [0.25, 0.3) is 0 Å². The molecule has 1 aromatic rings. The molecule has 0 saturated heterocycles. The van der Waals surface area contributed by atoms with E-state index in [1.54, 1.807) is 13.8 Å². The number of carbonyl (C=O) groups is 2. The van der Waals surface area contributed by atoms with Gasteiger partial charge in [-0.05, 0) is 26.0 Å². The third-order valence-corrected chi connectivity index (χ3v) is 2.57. The molecule has 0 fully saturated rings. The van der Waals surface area contributed by atoms with Gasteiger partial charge in [0.05, 0.1) is 23.3 Å². The Morgan fingerprint density at radius 3 is 2.11 bits per heavy atom. The standard InChI is InChI=1S/C12H12Cl2O4/c1-3-17-11-8(13)5-7(6-9(11)14)10(15)12(16)18-4-2/h5-6H,3-4H2,1-2H3. The van der Waals surface area contributed by atoms with Crippen LogP contribution in [0.15, 0.2) is 12.1 Å². The maximum Gasteiger partial charge on any atom is 0.379 e. The number of carbonyl (C=O) groups excluding carboxylic acids is 2. The van der Waals surface area contributed by atoms with Crippen molar-refractivity contribution in [2.75, 3.05) is 13.2 Å². The van der Waals surface area contributed by atoms with Gasteiger partial charge in [0, 0.05) is 5.56 Å². The summed E-state index contributed by atoms with van der Waals surface area (Å²) >= 11 is 11.9. The summed E-state index contributed by atoms with van der Waals surface area (Å²) in [6.45, 7) is 3.92. The first kappa shape index (κ1) is 14.8. The topological polar surface area (TPSA) is 52.6 Å². The molecule has 0 unspecified atom stereocenters. The van der Waals surface area contributed by atoms with Crippen molar-refractivity contribution in [1.82, 2.24) is 0 Å². The van der Waals surface area contributed by atoms with Gasteiger partial charge in [0.2, 0.25) is 0 Å². The second kappa shape index (κ2) is 6.61. The monoisotopic (exact) mass is 290 g/mol. The highest BCUT2D eigenvalue weighted by molar-refractivity contribution is 6.43. The van der Waals surface area contributed by atoms with E-state index in [1.165, 1.54) is 12.1 Å². The molecule has 4 nitrogen and oxygen atoms in total. The van der Waals surface area contributed by atoms with E-state index in [0.29, 0.717) is 12.4 Å². The fourth-order valence-electron chi connectivity index (χ4n) is 1.29. The lowest BCUT2D eigenvalue weighted by atomic mass is 10.1. The van der Waals surface area contributed by atoms with Crippen molar-refractivity contribution in [2.24, 2.45) is 0 Å². The van der Waals surface area contributed by atoms with Gasteiger partial charge >= 0.3 is 5.97 Å². The van der Waals surface area contributed by atoms with Crippen LogP contribution < -0.4 is 4.74 Å². The summed E-state index contributed by atoms with van der Waals surface area (Å²) < 4.78 is 9.83. The number of Topliss-reactive ketones (excluding diaryl/α,β-unsaturated/α-hetero) is 1. The van der Waals surface area contributed by atoms with Crippen molar-refractivity contribution in [3.63, 3.8) is 0 Å². The van der Waals surface area contributed by atoms with E-state index >= 15 is 0 Å². The Kier molecular flexibility index (Phi) is 5.44. The molecule has 6 heteroatoms. The number of rotatable bonds is 5. The molecule has 0 bridgehead atoms. The zero-order valence-electron chi connectivity index (χ0n) is 9.96. The van der Waals surface area contributed by atoms with Gasteiger partial charge in [-0.15, -0.1) is 0 Å². The number of halogens is 2. The summed E-state index contributed by atoms with van der Waals surface area (Å²) in [5, 5.41) is 0.356. The Bertz CT molecular complexity index is 448. The molecule has 0 aliphatic rings. The van der Waals surface area contributed by atoms with Crippen LogP contribution in [0.4, 0.5) is 0 Å². The maximum atomic E-state index is 11.7. The molecule has 18 heavy (non-hydrogen) atoms. The molecule has 0 aliphatic heterocycles. The Labute approximate surface area is 115 Å². The Balaban J connectivity index is 3.06. The normalized spacial score (nSPS) is 10.0. The van der Waals surface area contributed by atoms with E-state index in [0.717, 1.165) is 0 Å². The predicted octanol–water partition coefficient (Wildman–Crippen LogP) is 3.14. The van der Waals surface area contributed by atoms with E-state index in [2.05, 4.69) is 4.74 Å². The molecular weight excluding hydrogens is 279 g/mol. The van der Waals surface area contributed by atoms with E-state index in [-0.39, 0.29) is 22.2 Å². The second-order valence-corrected chi connectivity index (χ2v) is 4.07. The largest absolute Gasteiger partial charge is 0.491 e. The smallest absolute Gasteiger partial charge is 0.379 e. The Morgan fingerprint density at radius 2 is 1.67 bits per heavy atom. The lowest BCUT2D eigenvalue weighted by Gasteiger charge is -2.09. The van der Waals surface area contributed by atoms with Gasteiger partial charge in [0.1, 0.15) is 0 Å². The summed E-state index contributed by atoms with van der Waals surface area (Å²) in [4.78, 5) is 23.0. The number of ether oxygens (including phenoxy) is 2. The molecule has 0 atom stereocenters. The van der Waals surface area contributed by atoms with Gasteiger partial charge in [0.15, 0.2) is 5.75 Å². The van der Waals surface area contributed by atoms with Gasteiger partial charge in [-0.25, -0.2) is 4.79 Å². The quantitative estimate of drug-likeness (QED) is 0.475. The van der Waals surface area contributed by atoms with E-state index < -0.39 is 11.8 Å². The molecule has 0 spiro atoms. The maximum absolute atomic E-state index is 11.7. The van der Waals surface area contributed by atoms with Crippen molar-refractivity contribution >= 4 is 35.0 Å². The van der Waals surface area contributed by atoms with Gasteiger partial charge < -0.3 is 9.47 Å². The third-order valence-electron chi connectivity index (χ3n) is 2.01. The first-order valence-corrected chi connectivity index (χ1v) is 6.10. The van der Waals surface area contributed by atoms with Crippen LogP contribution in [-0.4, -0.2) is 25.0 Å². The fraction of sp³-hybridized carbons (Fsp3) is 0.333. The van der Waals surface area contributed by atoms with Crippen LogP contribution >= 0.6 is 23.2 Å². The number of ketones is 1. The number of esters is 1. The van der Waals surface area contributed by atoms with Gasteiger partial charge in [0.25, 0.3) is 5.78 Å². The average Bonchev–Trinajstić information content (AvgIpc) is 2.33. The molecule has 0 amide bonds. The molecular formula is C12H12Cl2O4. The third kappa shape index (κ3) is 3.37. The van der Waals surface area contributed by atoms with E-state index in [9.17, 15) is 9.59 Å². The summed E-state index contributed by atoms with van der Waals surface area (Å²) in [7, 11) is 0. The lowest BCUT2D eigenvalue weighted by molar-refractivity contribution is -0.137. The van der Waals surface area contributed by atoms with Gasteiger partial charge in [-0.1, -0.05) is 23.2 Å². The molecule has 1 aromatic carbocycles. The van der Waals surface area contributed by atoms with Crippen molar-refractivity contribution in [1.29, 1.82) is 0 Å². The molecule has 1 rings (SSSR count). The highest BCUT2D eigenvalue weighted by Crippen LogP contribution is 2.34. The van der Waals surface area contributed by atoms with Gasteiger partial charge in [-0.3, -0.25) is 4.79 Å². The van der Waals surface area contributed by atoms with Crippen molar-refractivity contribution < 1.29 is 19.1 Å². The average molecular weight is 291 g/mol. The number of benzene rings is 1. The highest BCUT2D eigenvalue weighted by atomic mass is 35.5. The summed E-state index contributed by atoms with van der Waals surface area (Å²) in [5.41, 5.74) is 0.0758. The fourth-order valence-corrected chi connectivity index (χ4v) is 1.88. The minimum absolute atomic E-state index is 0.0758. The highest BCUT2D eigenvalue weighted by Gasteiger charge is 2.20. The van der Waals surface area contributed by atoms with Crippen LogP contribution in [0, 0.1) is 0 Å². The van der Waals surface area contributed by atoms with Crippen LogP contribution in [0.3, 0.4) is 0 Å². The van der Waals surface area contributed by atoms with Crippen LogP contribution in [0.2, 0.25) is 10.0 Å². The minimum Gasteiger partial charge on any atom is -0.491 e. The van der Waals surface area contributed by atoms with E-state index in [1.807, 2.05) is 0 Å². The summed E-state index contributed by atoms with van der Waals surface area (Å²) in [6, 6.07) is 2.66. The molecule has 98 valence electrons. The van der Waals surface area contributed by atoms with Crippen LogP contribution in [0.5, 0.6) is 5.75 Å². The van der Waals surface area contributed by atoms with Crippen molar-refractivity contribution in [3.05, 3.63) is 27.7 Å². The summed E-state index contributed by atoms with van der Waals surface area (Å²) in [6.07, 6.45) is 0.